The van der Waals surface area contributed by atoms with E-state index >= 15 is 0 Å². The highest BCUT2D eigenvalue weighted by atomic mass is 16.1. The van der Waals surface area contributed by atoms with Crippen molar-refractivity contribution in [3.8, 4) is 0 Å². The standard InChI is InChI=1S/C15H20N2O/c18-14(10-17-12-5-1-2-6-12)13-8-7-11-4-3-9-16-15(11)13/h3-4,9,12-13,17H,1-2,5-8,10H2. The molecule has 0 spiro atoms. The van der Waals surface area contributed by atoms with Gasteiger partial charge in [0.2, 0.25) is 0 Å². The predicted molar refractivity (Wildman–Crippen MR) is 70.6 cm³/mol. The Hall–Kier alpha value is -1.22. The Kier molecular flexibility index (Phi) is 3.41. The number of Topliss-reactive ketones (excluding diaryl/α,β-unsaturated/α-hetero) is 1. The fraction of sp³-hybridized carbons (Fsp3) is 0.600. The monoisotopic (exact) mass is 244 g/mol. The summed E-state index contributed by atoms with van der Waals surface area (Å²) < 4.78 is 0. The Bertz CT molecular complexity index is 438. The fourth-order valence-electron chi connectivity index (χ4n) is 3.22. The molecule has 0 radical (unpaired) electrons. The summed E-state index contributed by atoms with van der Waals surface area (Å²) >= 11 is 0. The van der Waals surface area contributed by atoms with Gasteiger partial charge in [-0.25, -0.2) is 0 Å². The van der Waals surface area contributed by atoms with E-state index in [0.29, 0.717) is 18.4 Å². The summed E-state index contributed by atoms with van der Waals surface area (Å²) in [5.74, 6) is 0.356. The van der Waals surface area contributed by atoms with Crippen molar-refractivity contribution in [2.24, 2.45) is 0 Å². The Balaban J connectivity index is 1.60. The van der Waals surface area contributed by atoms with Crippen LogP contribution in [0.1, 0.15) is 49.3 Å². The number of nitrogens with zero attached hydrogens (tertiary/aromatic N) is 1. The van der Waals surface area contributed by atoms with Crippen molar-refractivity contribution in [3.05, 3.63) is 29.6 Å². The normalized spacial score (nSPS) is 23.2. The number of aryl methyl sites for hydroxylation is 1. The number of aromatic nitrogens is 1. The van der Waals surface area contributed by atoms with E-state index in [0.717, 1.165) is 18.5 Å². The van der Waals surface area contributed by atoms with Crippen LogP contribution in [-0.4, -0.2) is 23.4 Å². The number of carbonyl (C=O) groups is 1. The highest BCUT2D eigenvalue weighted by Crippen LogP contribution is 2.31. The highest BCUT2D eigenvalue weighted by Gasteiger charge is 2.29. The van der Waals surface area contributed by atoms with E-state index < -0.39 is 0 Å². The number of hydrogen-bond acceptors (Lipinski definition) is 3. The molecular formula is C15H20N2O. The van der Waals surface area contributed by atoms with E-state index in [4.69, 9.17) is 0 Å². The van der Waals surface area contributed by atoms with Gasteiger partial charge in [-0.1, -0.05) is 18.9 Å². The molecule has 0 aliphatic heterocycles. The van der Waals surface area contributed by atoms with Gasteiger partial charge in [-0.15, -0.1) is 0 Å². The second kappa shape index (κ2) is 5.19. The molecule has 3 nitrogen and oxygen atoms in total. The van der Waals surface area contributed by atoms with Crippen LogP contribution in [-0.2, 0) is 11.2 Å². The van der Waals surface area contributed by atoms with Crippen molar-refractivity contribution >= 4 is 5.78 Å². The molecule has 96 valence electrons. The maximum absolute atomic E-state index is 12.3. The minimum atomic E-state index is 0.0371. The van der Waals surface area contributed by atoms with Crippen LogP contribution in [0.2, 0.25) is 0 Å². The van der Waals surface area contributed by atoms with Crippen molar-refractivity contribution in [2.45, 2.75) is 50.5 Å². The van der Waals surface area contributed by atoms with Gasteiger partial charge < -0.3 is 5.32 Å². The van der Waals surface area contributed by atoms with Crippen LogP contribution in [0.5, 0.6) is 0 Å². The molecule has 1 atom stereocenters. The number of pyridine rings is 1. The van der Waals surface area contributed by atoms with Crippen LogP contribution in [0, 0.1) is 0 Å². The summed E-state index contributed by atoms with van der Waals surface area (Å²) in [6.45, 7) is 0.519. The van der Waals surface area contributed by atoms with Gasteiger partial charge in [0.1, 0.15) is 0 Å². The minimum Gasteiger partial charge on any atom is -0.307 e. The minimum absolute atomic E-state index is 0.0371. The molecular weight excluding hydrogens is 224 g/mol. The summed E-state index contributed by atoms with van der Waals surface area (Å²) in [5.41, 5.74) is 2.28. The molecule has 1 aromatic heterocycles. The van der Waals surface area contributed by atoms with Crippen molar-refractivity contribution in [3.63, 3.8) is 0 Å². The highest BCUT2D eigenvalue weighted by molar-refractivity contribution is 5.88. The van der Waals surface area contributed by atoms with E-state index in [2.05, 4.69) is 16.4 Å². The first-order chi connectivity index (χ1) is 8.84. The van der Waals surface area contributed by atoms with Crippen molar-refractivity contribution in [1.29, 1.82) is 0 Å². The Labute approximate surface area is 108 Å². The first-order valence-corrected chi connectivity index (χ1v) is 7.04. The van der Waals surface area contributed by atoms with Gasteiger partial charge >= 0.3 is 0 Å². The third-order valence-electron chi connectivity index (χ3n) is 4.27. The molecule has 0 bridgehead atoms. The SMILES string of the molecule is O=C(CNC1CCCC1)C1CCc2cccnc21. The molecule has 2 aliphatic rings. The molecule has 0 saturated heterocycles. The summed E-state index contributed by atoms with van der Waals surface area (Å²) in [5, 5.41) is 3.41. The topological polar surface area (TPSA) is 42.0 Å². The first kappa shape index (κ1) is 11.8. The van der Waals surface area contributed by atoms with Crippen LogP contribution in [0.3, 0.4) is 0 Å². The van der Waals surface area contributed by atoms with Crippen LogP contribution in [0.4, 0.5) is 0 Å². The summed E-state index contributed by atoms with van der Waals surface area (Å²) in [4.78, 5) is 16.7. The molecule has 2 aliphatic carbocycles. The van der Waals surface area contributed by atoms with Gasteiger partial charge in [-0.05, 0) is 37.3 Å². The van der Waals surface area contributed by atoms with E-state index in [1.807, 2.05) is 6.07 Å². The maximum Gasteiger partial charge on any atom is 0.155 e. The number of carbonyl (C=O) groups excluding carboxylic acids is 1. The van der Waals surface area contributed by atoms with Gasteiger partial charge in [-0.3, -0.25) is 9.78 Å². The average Bonchev–Trinajstić information content (AvgIpc) is 3.05. The zero-order chi connectivity index (χ0) is 12.4. The van der Waals surface area contributed by atoms with Crippen molar-refractivity contribution < 1.29 is 4.79 Å². The Morgan fingerprint density at radius 2 is 2.17 bits per heavy atom. The van der Waals surface area contributed by atoms with E-state index in [-0.39, 0.29) is 5.92 Å². The zero-order valence-electron chi connectivity index (χ0n) is 10.7. The second-order valence-corrected chi connectivity index (χ2v) is 5.47. The third kappa shape index (κ3) is 2.32. The van der Waals surface area contributed by atoms with E-state index in [1.54, 1.807) is 6.20 Å². The lowest BCUT2D eigenvalue weighted by molar-refractivity contribution is -0.119. The average molecular weight is 244 g/mol. The molecule has 0 aromatic carbocycles. The van der Waals surface area contributed by atoms with Crippen LogP contribution in [0.25, 0.3) is 0 Å². The molecule has 0 amide bonds. The smallest absolute Gasteiger partial charge is 0.155 e. The predicted octanol–water partition coefficient (Wildman–Crippen LogP) is 2.21. The molecule has 1 saturated carbocycles. The molecule has 1 fully saturated rings. The molecule has 1 unspecified atom stereocenters. The molecule has 18 heavy (non-hydrogen) atoms. The van der Waals surface area contributed by atoms with Gasteiger partial charge in [-0.2, -0.15) is 0 Å². The van der Waals surface area contributed by atoms with E-state index in [1.165, 1.54) is 31.2 Å². The van der Waals surface area contributed by atoms with Gasteiger partial charge in [0.15, 0.2) is 5.78 Å². The van der Waals surface area contributed by atoms with Gasteiger partial charge in [0.05, 0.1) is 18.2 Å². The lowest BCUT2D eigenvalue weighted by Crippen LogP contribution is -2.33. The van der Waals surface area contributed by atoms with Gasteiger partial charge in [0.25, 0.3) is 0 Å². The molecule has 1 heterocycles. The van der Waals surface area contributed by atoms with E-state index in [9.17, 15) is 4.79 Å². The Morgan fingerprint density at radius 3 is 3.00 bits per heavy atom. The molecule has 1 N–H and O–H groups in total. The fourth-order valence-corrected chi connectivity index (χ4v) is 3.22. The number of fused-ring (bicyclic) bond motifs is 1. The zero-order valence-corrected chi connectivity index (χ0v) is 10.7. The van der Waals surface area contributed by atoms with Crippen molar-refractivity contribution in [2.75, 3.05) is 6.54 Å². The maximum atomic E-state index is 12.3. The number of hydrogen-bond donors (Lipinski definition) is 1. The molecule has 1 aromatic rings. The van der Waals surface area contributed by atoms with Crippen LogP contribution in [0.15, 0.2) is 18.3 Å². The van der Waals surface area contributed by atoms with Crippen LogP contribution >= 0.6 is 0 Å². The number of nitrogens with one attached hydrogen (secondary N) is 1. The lowest BCUT2D eigenvalue weighted by atomic mass is 10.0. The summed E-state index contributed by atoms with van der Waals surface area (Å²) in [6.07, 6.45) is 8.81. The number of rotatable bonds is 4. The molecule has 3 rings (SSSR count). The largest absolute Gasteiger partial charge is 0.307 e. The summed E-state index contributed by atoms with van der Waals surface area (Å²) in [6, 6.07) is 4.63. The van der Waals surface area contributed by atoms with Crippen molar-refractivity contribution in [1.82, 2.24) is 10.3 Å². The first-order valence-electron chi connectivity index (χ1n) is 7.04. The Morgan fingerprint density at radius 1 is 1.33 bits per heavy atom. The lowest BCUT2D eigenvalue weighted by Gasteiger charge is -2.14. The van der Waals surface area contributed by atoms with Crippen LogP contribution < -0.4 is 5.32 Å². The number of ketones is 1. The second-order valence-electron chi connectivity index (χ2n) is 5.47. The summed E-state index contributed by atoms with van der Waals surface area (Å²) in [7, 11) is 0. The van der Waals surface area contributed by atoms with Gasteiger partial charge in [0, 0.05) is 12.2 Å². The third-order valence-corrected chi connectivity index (χ3v) is 4.27. The molecule has 3 heteroatoms. The quantitative estimate of drug-likeness (QED) is 0.883.